The fourth-order valence-corrected chi connectivity index (χ4v) is 2.20. The SMILES string of the molecule is CCNCc1cn(CCN2CC=C(C(F)(F)F)CC2)nn1. The van der Waals surface area contributed by atoms with E-state index in [9.17, 15) is 13.2 Å². The van der Waals surface area contributed by atoms with E-state index in [0.717, 1.165) is 12.2 Å². The maximum atomic E-state index is 12.5. The van der Waals surface area contributed by atoms with Gasteiger partial charge in [0.2, 0.25) is 0 Å². The van der Waals surface area contributed by atoms with Crippen LogP contribution in [0.15, 0.2) is 17.8 Å². The predicted octanol–water partition coefficient (Wildman–Crippen LogP) is 1.58. The van der Waals surface area contributed by atoms with E-state index in [0.29, 0.717) is 32.7 Å². The van der Waals surface area contributed by atoms with Crippen LogP contribution in [0.5, 0.6) is 0 Å². The van der Waals surface area contributed by atoms with Gasteiger partial charge in [-0.3, -0.25) is 9.58 Å². The van der Waals surface area contributed by atoms with Crippen LogP contribution in [0.25, 0.3) is 0 Å². The van der Waals surface area contributed by atoms with Crippen molar-refractivity contribution in [2.45, 2.75) is 32.6 Å². The molecule has 2 heterocycles. The molecule has 0 saturated carbocycles. The van der Waals surface area contributed by atoms with Crippen molar-refractivity contribution in [3.05, 3.63) is 23.5 Å². The largest absolute Gasteiger partial charge is 0.412 e. The lowest BCUT2D eigenvalue weighted by Crippen LogP contribution is -2.34. The first-order valence-electron chi connectivity index (χ1n) is 7.07. The van der Waals surface area contributed by atoms with E-state index in [-0.39, 0.29) is 6.42 Å². The molecule has 1 aromatic heterocycles. The minimum atomic E-state index is -4.18. The van der Waals surface area contributed by atoms with Crippen molar-refractivity contribution in [2.75, 3.05) is 26.2 Å². The summed E-state index contributed by atoms with van der Waals surface area (Å²) in [4.78, 5) is 1.99. The van der Waals surface area contributed by atoms with Gasteiger partial charge in [-0.15, -0.1) is 5.10 Å². The summed E-state index contributed by atoms with van der Waals surface area (Å²) in [5.41, 5.74) is 0.460. The highest BCUT2D eigenvalue weighted by molar-refractivity contribution is 5.12. The zero-order chi connectivity index (χ0) is 15.3. The van der Waals surface area contributed by atoms with Gasteiger partial charge in [0.15, 0.2) is 0 Å². The molecule has 0 aliphatic carbocycles. The number of nitrogens with one attached hydrogen (secondary N) is 1. The Bertz CT molecular complexity index is 480. The first kappa shape index (κ1) is 16.0. The van der Waals surface area contributed by atoms with Gasteiger partial charge in [0, 0.05) is 37.9 Å². The van der Waals surface area contributed by atoms with Crippen LogP contribution in [0.4, 0.5) is 13.2 Å². The summed E-state index contributed by atoms with van der Waals surface area (Å²) in [6.07, 6.45) is -0.975. The number of alkyl halides is 3. The minimum absolute atomic E-state index is 0.0620. The molecule has 0 aromatic carbocycles. The van der Waals surface area contributed by atoms with Gasteiger partial charge < -0.3 is 5.32 Å². The van der Waals surface area contributed by atoms with Crippen molar-refractivity contribution < 1.29 is 13.2 Å². The lowest BCUT2D eigenvalue weighted by molar-refractivity contribution is -0.0960. The maximum absolute atomic E-state index is 12.5. The van der Waals surface area contributed by atoms with Crippen LogP contribution >= 0.6 is 0 Å². The van der Waals surface area contributed by atoms with E-state index in [1.54, 1.807) is 4.68 Å². The number of rotatable bonds is 6. The molecule has 0 radical (unpaired) electrons. The van der Waals surface area contributed by atoms with E-state index >= 15 is 0 Å². The zero-order valence-corrected chi connectivity index (χ0v) is 12.0. The molecule has 5 nitrogen and oxygen atoms in total. The van der Waals surface area contributed by atoms with Gasteiger partial charge in [0.1, 0.15) is 0 Å². The van der Waals surface area contributed by atoms with Gasteiger partial charge in [-0.1, -0.05) is 18.2 Å². The number of aromatic nitrogens is 3. The van der Waals surface area contributed by atoms with Crippen LogP contribution in [-0.2, 0) is 13.1 Å². The van der Waals surface area contributed by atoms with Crippen molar-refractivity contribution in [3.63, 3.8) is 0 Å². The molecular weight excluding hydrogens is 283 g/mol. The fraction of sp³-hybridized carbons (Fsp3) is 0.692. The zero-order valence-electron chi connectivity index (χ0n) is 12.0. The molecule has 1 aromatic rings. The Morgan fingerprint density at radius 1 is 1.33 bits per heavy atom. The van der Waals surface area contributed by atoms with E-state index in [4.69, 9.17) is 0 Å². The number of nitrogens with zero attached hydrogens (tertiary/aromatic N) is 4. The third-order valence-corrected chi connectivity index (χ3v) is 3.44. The van der Waals surface area contributed by atoms with Crippen LogP contribution in [0.2, 0.25) is 0 Å². The standard InChI is InChI=1S/C13H20F3N5/c1-2-17-9-12-10-21(19-18-12)8-7-20-5-3-11(4-6-20)13(14,15)16/h3,10,17H,2,4-9H2,1H3. The van der Waals surface area contributed by atoms with Crippen LogP contribution in [-0.4, -0.2) is 52.2 Å². The number of halogens is 3. The smallest absolute Gasteiger partial charge is 0.311 e. The van der Waals surface area contributed by atoms with Gasteiger partial charge in [-0.25, -0.2) is 0 Å². The molecule has 0 spiro atoms. The summed E-state index contributed by atoms with van der Waals surface area (Å²) in [6, 6.07) is 0. The molecule has 0 saturated heterocycles. The molecule has 21 heavy (non-hydrogen) atoms. The summed E-state index contributed by atoms with van der Waals surface area (Å²) < 4.78 is 39.3. The highest BCUT2D eigenvalue weighted by Gasteiger charge is 2.34. The van der Waals surface area contributed by atoms with E-state index in [2.05, 4.69) is 15.6 Å². The molecule has 8 heteroatoms. The number of hydrogen-bond acceptors (Lipinski definition) is 4. The molecule has 0 bridgehead atoms. The summed E-state index contributed by atoms with van der Waals surface area (Å²) in [6.45, 7) is 5.65. The molecule has 1 aliphatic rings. The first-order chi connectivity index (χ1) is 9.99. The Morgan fingerprint density at radius 2 is 2.14 bits per heavy atom. The van der Waals surface area contributed by atoms with Crippen LogP contribution in [0.3, 0.4) is 0 Å². The van der Waals surface area contributed by atoms with Crippen molar-refractivity contribution >= 4 is 0 Å². The third kappa shape index (κ3) is 4.82. The Hall–Kier alpha value is -1.41. The Morgan fingerprint density at radius 3 is 2.76 bits per heavy atom. The van der Waals surface area contributed by atoms with Crippen LogP contribution < -0.4 is 5.32 Å². The molecular formula is C13H20F3N5. The lowest BCUT2D eigenvalue weighted by atomic mass is 10.1. The predicted molar refractivity (Wildman–Crippen MR) is 72.6 cm³/mol. The summed E-state index contributed by atoms with van der Waals surface area (Å²) in [5, 5.41) is 11.2. The lowest BCUT2D eigenvalue weighted by Gasteiger charge is -2.26. The van der Waals surface area contributed by atoms with E-state index in [1.165, 1.54) is 6.08 Å². The van der Waals surface area contributed by atoms with E-state index in [1.807, 2.05) is 18.0 Å². The van der Waals surface area contributed by atoms with Crippen molar-refractivity contribution in [2.24, 2.45) is 0 Å². The second kappa shape index (κ2) is 7.04. The fourth-order valence-electron chi connectivity index (χ4n) is 2.20. The van der Waals surface area contributed by atoms with Gasteiger partial charge in [-0.2, -0.15) is 13.2 Å². The molecule has 1 N–H and O–H groups in total. The van der Waals surface area contributed by atoms with Gasteiger partial charge in [-0.05, 0) is 13.0 Å². The molecule has 0 fully saturated rings. The topological polar surface area (TPSA) is 46.0 Å². The average molecular weight is 303 g/mol. The highest BCUT2D eigenvalue weighted by Crippen LogP contribution is 2.29. The highest BCUT2D eigenvalue weighted by atomic mass is 19.4. The summed E-state index contributed by atoms with van der Waals surface area (Å²) in [5.74, 6) is 0. The molecule has 0 amide bonds. The number of hydrogen-bond donors (Lipinski definition) is 1. The van der Waals surface area contributed by atoms with Crippen LogP contribution in [0, 0.1) is 0 Å². The molecule has 0 unspecified atom stereocenters. The first-order valence-corrected chi connectivity index (χ1v) is 7.07. The van der Waals surface area contributed by atoms with Crippen molar-refractivity contribution in [1.82, 2.24) is 25.2 Å². The molecule has 2 rings (SSSR count). The van der Waals surface area contributed by atoms with Gasteiger partial charge in [0.05, 0.1) is 12.2 Å². The normalized spacial score (nSPS) is 17.0. The second-order valence-electron chi connectivity index (χ2n) is 5.03. The van der Waals surface area contributed by atoms with Crippen molar-refractivity contribution in [1.29, 1.82) is 0 Å². The molecule has 118 valence electrons. The van der Waals surface area contributed by atoms with Crippen LogP contribution in [0.1, 0.15) is 19.0 Å². The maximum Gasteiger partial charge on any atom is 0.412 e. The molecule has 1 aliphatic heterocycles. The van der Waals surface area contributed by atoms with Crippen molar-refractivity contribution in [3.8, 4) is 0 Å². The Kier molecular flexibility index (Phi) is 5.35. The third-order valence-electron chi connectivity index (χ3n) is 3.44. The second-order valence-corrected chi connectivity index (χ2v) is 5.03. The Labute approximate surface area is 121 Å². The minimum Gasteiger partial charge on any atom is -0.311 e. The van der Waals surface area contributed by atoms with Gasteiger partial charge in [0.25, 0.3) is 0 Å². The van der Waals surface area contributed by atoms with E-state index < -0.39 is 11.7 Å². The monoisotopic (exact) mass is 303 g/mol. The Balaban J connectivity index is 1.77. The summed E-state index contributed by atoms with van der Waals surface area (Å²) in [7, 11) is 0. The van der Waals surface area contributed by atoms with Gasteiger partial charge >= 0.3 is 6.18 Å². The average Bonchev–Trinajstić information content (AvgIpc) is 2.90. The molecule has 0 atom stereocenters. The quantitative estimate of drug-likeness (QED) is 0.811. The summed E-state index contributed by atoms with van der Waals surface area (Å²) >= 11 is 0.